The van der Waals surface area contributed by atoms with E-state index in [1.807, 2.05) is 0 Å². The molecular formula is C11H8F3N3O. The molecule has 2 aromatic rings. The maximum absolute atomic E-state index is 12.5. The number of nitrogen functional groups attached to an aromatic ring is 1. The van der Waals surface area contributed by atoms with E-state index in [1.54, 1.807) is 0 Å². The molecule has 0 amide bonds. The number of nitrogens with zero attached hydrogens (tertiary/aromatic N) is 1. The van der Waals surface area contributed by atoms with Gasteiger partial charge in [-0.1, -0.05) is 0 Å². The van der Waals surface area contributed by atoms with Crippen molar-refractivity contribution >= 4 is 11.5 Å². The first-order valence-electron chi connectivity index (χ1n) is 4.90. The van der Waals surface area contributed by atoms with E-state index in [0.717, 1.165) is 18.2 Å². The van der Waals surface area contributed by atoms with Crippen LogP contribution >= 0.6 is 0 Å². The van der Waals surface area contributed by atoms with Crippen LogP contribution in [-0.2, 0) is 6.18 Å². The fraction of sp³-hybridized carbons (Fsp3) is 0.0909. The predicted molar refractivity (Wildman–Crippen MR) is 57.9 cm³/mol. The minimum atomic E-state index is -4.51. The number of halogens is 3. The quantitative estimate of drug-likeness (QED) is 0.638. The Morgan fingerprint density at radius 3 is 2.61 bits per heavy atom. The summed E-state index contributed by atoms with van der Waals surface area (Å²) in [4.78, 5) is 11.9. The number of H-pyrrole nitrogens is 1. The first kappa shape index (κ1) is 12.2. The van der Waals surface area contributed by atoms with Gasteiger partial charge in [0.2, 0.25) is 0 Å². The predicted octanol–water partition coefficient (Wildman–Crippen LogP) is 2.24. The van der Waals surface area contributed by atoms with Gasteiger partial charge < -0.3 is 5.73 Å². The van der Waals surface area contributed by atoms with Crippen molar-refractivity contribution in [2.24, 2.45) is 0 Å². The van der Waals surface area contributed by atoms with Crippen molar-refractivity contribution < 1.29 is 18.0 Å². The number of carbonyl (C=O) groups excluding carboxylic acids is 1. The molecule has 1 aromatic heterocycles. The van der Waals surface area contributed by atoms with Crippen LogP contribution in [0.1, 0.15) is 21.5 Å². The van der Waals surface area contributed by atoms with Crippen LogP contribution < -0.4 is 5.73 Å². The van der Waals surface area contributed by atoms with E-state index in [9.17, 15) is 18.0 Å². The SMILES string of the molecule is Nc1ccc(C(F)(F)F)cc1C(=O)c1cn[nH]c1. The summed E-state index contributed by atoms with van der Waals surface area (Å²) in [6, 6.07) is 2.64. The first-order chi connectivity index (χ1) is 8.39. The van der Waals surface area contributed by atoms with Gasteiger partial charge >= 0.3 is 6.18 Å². The van der Waals surface area contributed by atoms with Gasteiger partial charge in [-0.3, -0.25) is 9.89 Å². The van der Waals surface area contributed by atoms with E-state index in [4.69, 9.17) is 5.73 Å². The van der Waals surface area contributed by atoms with Crippen molar-refractivity contribution in [3.8, 4) is 0 Å². The molecule has 0 saturated carbocycles. The topological polar surface area (TPSA) is 71.8 Å². The molecule has 3 N–H and O–H groups in total. The number of anilines is 1. The minimum Gasteiger partial charge on any atom is -0.398 e. The van der Waals surface area contributed by atoms with E-state index in [-0.39, 0.29) is 16.8 Å². The van der Waals surface area contributed by atoms with Gasteiger partial charge in [0.1, 0.15) is 0 Å². The third-order valence-corrected chi connectivity index (χ3v) is 2.39. The second-order valence-corrected chi connectivity index (χ2v) is 3.62. The molecule has 18 heavy (non-hydrogen) atoms. The lowest BCUT2D eigenvalue weighted by Gasteiger charge is -2.09. The Bertz CT molecular complexity index is 576. The van der Waals surface area contributed by atoms with E-state index in [2.05, 4.69) is 10.2 Å². The second kappa shape index (κ2) is 4.17. The van der Waals surface area contributed by atoms with Crippen molar-refractivity contribution in [3.05, 3.63) is 47.3 Å². The van der Waals surface area contributed by atoms with Crippen LogP contribution in [0.2, 0.25) is 0 Å². The van der Waals surface area contributed by atoms with E-state index >= 15 is 0 Å². The van der Waals surface area contributed by atoms with E-state index < -0.39 is 17.5 Å². The number of rotatable bonds is 2. The van der Waals surface area contributed by atoms with Crippen LogP contribution in [0.15, 0.2) is 30.6 Å². The Morgan fingerprint density at radius 2 is 2.06 bits per heavy atom. The van der Waals surface area contributed by atoms with Gasteiger partial charge in [-0.05, 0) is 18.2 Å². The molecular weight excluding hydrogens is 247 g/mol. The number of hydrogen-bond donors (Lipinski definition) is 2. The van der Waals surface area contributed by atoms with Gasteiger partial charge in [0.25, 0.3) is 0 Å². The van der Waals surface area contributed by atoms with Crippen LogP contribution in [-0.4, -0.2) is 16.0 Å². The molecule has 1 heterocycles. The molecule has 0 atom stereocenters. The molecule has 0 radical (unpaired) electrons. The van der Waals surface area contributed by atoms with Gasteiger partial charge in [0.05, 0.1) is 17.3 Å². The Balaban J connectivity index is 2.48. The number of benzene rings is 1. The van der Waals surface area contributed by atoms with Gasteiger partial charge in [0, 0.05) is 17.4 Å². The average Bonchev–Trinajstić information content (AvgIpc) is 2.80. The molecule has 0 saturated heterocycles. The van der Waals surface area contributed by atoms with Crippen LogP contribution in [0.3, 0.4) is 0 Å². The lowest BCUT2D eigenvalue weighted by atomic mass is 10.0. The molecule has 0 bridgehead atoms. The number of hydrogen-bond acceptors (Lipinski definition) is 3. The third-order valence-electron chi connectivity index (χ3n) is 2.39. The van der Waals surface area contributed by atoms with Crippen LogP contribution in [0.4, 0.5) is 18.9 Å². The fourth-order valence-electron chi connectivity index (χ4n) is 1.46. The van der Waals surface area contributed by atoms with Gasteiger partial charge in [-0.25, -0.2) is 0 Å². The molecule has 2 rings (SSSR count). The largest absolute Gasteiger partial charge is 0.416 e. The Hall–Kier alpha value is -2.31. The van der Waals surface area contributed by atoms with Crippen LogP contribution in [0, 0.1) is 0 Å². The molecule has 0 fully saturated rings. The highest BCUT2D eigenvalue weighted by atomic mass is 19.4. The zero-order valence-corrected chi connectivity index (χ0v) is 8.95. The fourth-order valence-corrected chi connectivity index (χ4v) is 1.46. The summed E-state index contributed by atoms with van der Waals surface area (Å²) in [5.41, 5.74) is 4.57. The van der Waals surface area contributed by atoms with Crippen LogP contribution in [0.5, 0.6) is 0 Å². The Kier molecular flexibility index (Phi) is 2.82. The van der Waals surface area contributed by atoms with Gasteiger partial charge in [0.15, 0.2) is 5.78 Å². The van der Waals surface area contributed by atoms with Crippen molar-refractivity contribution in [3.63, 3.8) is 0 Å². The first-order valence-corrected chi connectivity index (χ1v) is 4.90. The Morgan fingerprint density at radius 1 is 1.33 bits per heavy atom. The summed E-state index contributed by atoms with van der Waals surface area (Å²) in [6.07, 6.45) is -2.00. The average molecular weight is 255 g/mol. The molecule has 1 aromatic carbocycles. The number of nitrogens with one attached hydrogen (secondary N) is 1. The van der Waals surface area contributed by atoms with Gasteiger partial charge in [-0.15, -0.1) is 0 Å². The normalized spacial score (nSPS) is 11.5. The minimum absolute atomic E-state index is 0.00537. The number of nitrogens with two attached hydrogens (primary N) is 1. The van der Waals surface area contributed by atoms with Crippen molar-refractivity contribution in [2.45, 2.75) is 6.18 Å². The number of aromatic nitrogens is 2. The molecule has 94 valence electrons. The Labute approximate surface area is 99.6 Å². The summed E-state index contributed by atoms with van der Waals surface area (Å²) in [6.45, 7) is 0. The molecule has 0 spiro atoms. The van der Waals surface area contributed by atoms with Crippen molar-refractivity contribution in [2.75, 3.05) is 5.73 Å². The highest BCUT2D eigenvalue weighted by molar-refractivity contribution is 6.11. The maximum atomic E-state index is 12.5. The summed E-state index contributed by atoms with van der Waals surface area (Å²) >= 11 is 0. The van der Waals surface area contributed by atoms with E-state index in [0.29, 0.717) is 0 Å². The molecule has 4 nitrogen and oxygen atoms in total. The smallest absolute Gasteiger partial charge is 0.398 e. The summed E-state index contributed by atoms with van der Waals surface area (Å²) in [7, 11) is 0. The zero-order chi connectivity index (χ0) is 13.3. The number of ketones is 1. The second-order valence-electron chi connectivity index (χ2n) is 3.62. The number of aromatic amines is 1. The monoisotopic (exact) mass is 255 g/mol. The lowest BCUT2D eigenvalue weighted by molar-refractivity contribution is -0.137. The summed E-state index contributed by atoms with van der Waals surface area (Å²) in [5, 5.41) is 5.97. The zero-order valence-electron chi connectivity index (χ0n) is 8.95. The number of carbonyl (C=O) groups is 1. The summed E-state index contributed by atoms with van der Waals surface area (Å²) in [5.74, 6) is -0.604. The van der Waals surface area contributed by atoms with Gasteiger partial charge in [-0.2, -0.15) is 18.3 Å². The molecule has 0 aliphatic carbocycles. The van der Waals surface area contributed by atoms with Crippen molar-refractivity contribution in [1.82, 2.24) is 10.2 Å². The highest BCUT2D eigenvalue weighted by Gasteiger charge is 2.31. The molecule has 0 unspecified atom stereocenters. The summed E-state index contributed by atoms with van der Waals surface area (Å²) < 4.78 is 37.6. The highest BCUT2D eigenvalue weighted by Crippen LogP contribution is 2.31. The maximum Gasteiger partial charge on any atom is 0.416 e. The lowest BCUT2D eigenvalue weighted by Crippen LogP contribution is -2.10. The molecule has 0 aliphatic rings. The van der Waals surface area contributed by atoms with Crippen LogP contribution in [0.25, 0.3) is 0 Å². The number of alkyl halides is 3. The third kappa shape index (κ3) is 2.20. The standard InChI is InChI=1S/C11H8F3N3O/c12-11(13,14)7-1-2-9(15)8(3-7)10(18)6-4-16-17-5-6/h1-5H,15H2,(H,16,17). The molecule has 7 heteroatoms. The van der Waals surface area contributed by atoms with Crippen molar-refractivity contribution in [1.29, 1.82) is 0 Å². The van der Waals surface area contributed by atoms with E-state index in [1.165, 1.54) is 12.4 Å². The molecule has 0 aliphatic heterocycles.